The van der Waals surface area contributed by atoms with E-state index in [4.69, 9.17) is 17.0 Å². The van der Waals surface area contributed by atoms with Gasteiger partial charge in [-0.2, -0.15) is 0 Å². The molecule has 1 unspecified atom stereocenters. The Labute approximate surface area is 205 Å². The fraction of sp³-hybridized carbons (Fsp3) is 0.222. The number of benzene rings is 3. The van der Waals surface area contributed by atoms with E-state index in [0.717, 1.165) is 18.4 Å². The van der Waals surface area contributed by atoms with Crippen LogP contribution in [0.4, 0.5) is 5.69 Å². The molecule has 0 aliphatic heterocycles. The van der Waals surface area contributed by atoms with E-state index in [1.54, 1.807) is 48.5 Å². The van der Waals surface area contributed by atoms with E-state index in [1.165, 1.54) is 0 Å². The molecule has 3 N–H and O–H groups in total. The zero-order chi connectivity index (χ0) is 24.3. The number of ether oxygens (including phenoxy) is 1. The smallest absolute Gasteiger partial charge is 0.257 e. The van der Waals surface area contributed by atoms with Gasteiger partial charge >= 0.3 is 0 Å². The summed E-state index contributed by atoms with van der Waals surface area (Å²) in [5.41, 5.74) is 2.56. The van der Waals surface area contributed by atoms with Gasteiger partial charge in [-0.25, -0.2) is 0 Å². The molecule has 1 atom stereocenters. The second-order valence-corrected chi connectivity index (χ2v) is 8.21. The summed E-state index contributed by atoms with van der Waals surface area (Å²) in [5.74, 6) is 0.140. The first-order chi connectivity index (χ1) is 16.5. The lowest BCUT2D eigenvalue weighted by molar-refractivity contribution is 0.0953. The van der Waals surface area contributed by atoms with Crippen molar-refractivity contribution in [3.8, 4) is 5.75 Å². The summed E-state index contributed by atoms with van der Waals surface area (Å²) in [6.07, 6.45) is 1.74. The van der Waals surface area contributed by atoms with Crippen LogP contribution in [0, 0.1) is 0 Å². The van der Waals surface area contributed by atoms with Crippen molar-refractivity contribution >= 4 is 34.8 Å². The Balaban J connectivity index is 1.55. The molecule has 3 aromatic rings. The molecule has 0 saturated carbocycles. The molecule has 0 aliphatic rings. The summed E-state index contributed by atoms with van der Waals surface area (Å²) < 4.78 is 5.74. The number of hydrogen-bond donors (Lipinski definition) is 3. The topological polar surface area (TPSA) is 79.5 Å². The number of carbonyl (C=O) groups excluding carboxylic acids is 2. The van der Waals surface area contributed by atoms with Gasteiger partial charge in [-0.3, -0.25) is 14.9 Å². The SMILES string of the molecule is CCC(C)Oc1ccc(C(=O)NC(=S)Nc2ccccc2C(=O)NCCc2ccccc2)cc1. The molecule has 7 heteroatoms. The van der Waals surface area contributed by atoms with Gasteiger partial charge in [0.15, 0.2) is 5.11 Å². The fourth-order valence-electron chi connectivity index (χ4n) is 3.18. The third-order valence-electron chi connectivity index (χ3n) is 5.22. The molecule has 0 bridgehead atoms. The zero-order valence-electron chi connectivity index (χ0n) is 19.3. The van der Waals surface area contributed by atoms with E-state index in [0.29, 0.717) is 29.1 Å². The highest BCUT2D eigenvalue weighted by Crippen LogP contribution is 2.16. The van der Waals surface area contributed by atoms with Crippen molar-refractivity contribution in [2.75, 3.05) is 11.9 Å². The highest BCUT2D eigenvalue weighted by Gasteiger charge is 2.14. The Hall–Kier alpha value is -3.71. The van der Waals surface area contributed by atoms with Crippen LogP contribution in [-0.2, 0) is 6.42 Å². The van der Waals surface area contributed by atoms with Crippen molar-refractivity contribution in [2.45, 2.75) is 32.8 Å². The van der Waals surface area contributed by atoms with E-state index in [9.17, 15) is 9.59 Å². The number of rotatable bonds is 9. The average Bonchev–Trinajstić information content (AvgIpc) is 2.85. The molecule has 3 rings (SSSR count). The summed E-state index contributed by atoms with van der Waals surface area (Å²) in [6, 6.07) is 23.9. The summed E-state index contributed by atoms with van der Waals surface area (Å²) in [4.78, 5) is 25.3. The van der Waals surface area contributed by atoms with Crippen LogP contribution in [0.1, 0.15) is 46.5 Å². The minimum atomic E-state index is -0.350. The van der Waals surface area contributed by atoms with E-state index in [-0.39, 0.29) is 23.0 Å². The van der Waals surface area contributed by atoms with Crippen molar-refractivity contribution in [2.24, 2.45) is 0 Å². The van der Waals surface area contributed by atoms with Crippen LogP contribution in [0.15, 0.2) is 78.9 Å². The van der Waals surface area contributed by atoms with Crippen LogP contribution in [-0.4, -0.2) is 29.6 Å². The highest BCUT2D eigenvalue weighted by atomic mass is 32.1. The van der Waals surface area contributed by atoms with Crippen LogP contribution in [0.2, 0.25) is 0 Å². The van der Waals surface area contributed by atoms with Gasteiger partial charge in [0, 0.05) is 12.1 Å². The van der Waals surface area contributed by atoms with Gasteiger partial charge in [0.2, 0.25) is 0 Å². The molecule has 34 heavy (non-hydrogen) atoms. The minimum Gasteiger partial charge on any atom is -0.491 e. The first kappa shape index (κ1) is 24.9. The minimum absolute atomic E-state index is 0.104. The normalized spacial score (nSPS) is 11.2. The Morgan fingerprint density at radius 2 is 1.59 bits per heavy atom. The third kappa shape index (κ3) is 7.42. The molecule has 2 amide bonds. The number of amides is 2. The van der Waals surface area contributed by atoms with Gasteiger partial charge in [0.05, 0.1) is 17.4 Å². The van der Waals surface area contributed by atoms with E-state index < -0.39 is 0 Å². The molecule has 0 radical (unpaired) electrons. The number of anilines is 1. The van der Waals surface area contributed by atoms with Crippen LogP contribution < -0.4 is 20.7 Å². The van der Waals surface area contributed by atoms with E-state index in [1.807, 2.05) is 44.2 Å². The van der Waals surface area contributed by atoms with Gasteiger partial charge in [-0.05, 0) is 73.9 Å². The molecule has 0 heterocycles. The monoisotopic (exact) mass is 475 g/mol. The van der Waals surface area contributed by atoms with Crippen molar-refractivity contribution in [3.05, 3.63) is 95.6 Å². The van der Waals surface area contributed by atoms with Gasteiger partial charge in [-0.15, -0.1) is 0 Å². The number of thiocarbonyl (C=S) groups is 1. The summed E-state index contributed by atoms with van der Waals surface area (Å²) in [5, 5.41) is 8.65. The van der Waals surface area contributed by atoms with E-state index in [2.05, 4.69) is 16.0 Å². The average molecular weight is 476 g/mol. The van der Waals surface area contributed by atoms with E-state index >= 15 is 0 Å². The summed E-state index contributed by atoms with van der Waals surface area (Å²) >= 11 is 5.31. The second-order valence-electron chi connectivity index (χ2n) is 7.81. The van der Waals surface area contributed by atoms with Crippen LogP contribution in [0.5, 0.6) is 5.75 Å². The molecule has 3 aromatic carbocycles. The standard InChI is InChI=1S/C27H29N3O3S/c1-3-19(2)33-22-15-13-21(14-16-22)25(31)30-27(34)29-24-12-8-7-11-23(24)26(32)28-18-17-20-9-5-4-6-10-20/h4-16,19H,3,17-18H2,1-2H3,(H,28,32)(H2,29,30,31,34). The zero-order valence-corrected chi connectivity index (χ0v) is 20.2. The maximum absolute atomic E-state index is 12.7. The van der Waals surface area contributed by atoms with Crippen LogP contribution >= 0.6 is 12.2 Å². The molecule has 176 valence electrons. The first-order valence-corrected chi connectivity index (χ1v) is 11.7. The van der Waals surface area contributed by atoms with Gasteiger partial charge in [0.1, 0.15) is 5.75 Å². The third-order valence-corrected chi connectivity index (χ3v) is 5.42. The Morgan fingerprint density at radius 3 is 2.29 bits per heavy atom. The van der Waals surface area contributed by atoms with Crippen molar-refractivity contribution in [1.82, 2.24) is 10.6 Å². The Kier molecular flexibility index (Phi) is 9.17. The molecular weight excluding hydrogens is 446 g/mol. The van der Waals surface area contributed by atoms with Crippen molar-refractivity contribution in [3.63, 3.8) is 0 Å². The van der Waals surface area contributed by atoms with Crippen molar-refractivity contribution < 1.29 is 14.3 Å². The highest BCUT2D eigenvalue weighted by molar-refractivity contribution is 7.80. The number of para-hydroxylation sites is 1. The number of carbonyl (C=O) groups is 2. The lowest BCUT2D eigenvalue weighted by atomic mass is 10.1. The molecule has 0 fully saturated rings. The summed E-state index contributed by atoms with van der Waals surface area (Å²) in [7, 11) is 0. The molecular formula is C27H29N3O3S. The van der Waals surface area contributed by atoms with Gasteiger partial charge < -0.3 is 15.4 Å². The lowest BCUT2D eigenvalue weighted by Gasteiger charge is -2.14. The predicted octanol–water partition coefficient (Wildman–Crippen LogP) is 4.96. The maximum atomic E-state index is 12.7. The quantitative estimate of drug-likeness (QED) is 0.381. The van der Waals surface area contributed by atoms with Gasteiger partial charge in [0.25, 0.3) is 11.8 Å². The summed E-state index contributed by atoms with van der Waals surface area (Å²) in [6.45, 7) is 4.55. The van der Waals surface area contributed by atoms with Gasteiger partial charge in [-0.1, -0.05) is 49.4 Å². The number of hydrogen-bond acceptors (Lipinski definition) is 4. The lowest BCUT2D eigenvalue weighted by Crippen LogP contribution is -2.35. The fourth-order valence-corrected chi connectivity index (χ4v) is 3.38. The first-order valence-electron chi connectivity index (χ1n) is 11.3. The molecule has 0 spiro atoms. The van der Waals surface area contributed by atoms with Crippen LogP contribution in [0.3, 0.4) is 0 Å². The molecule has 6 nitrogen and oxygen atoms in total. The Morgan fingerprint density at radius 1 is 0.912 bits per heavy atom. The Bertz CT molecular complexity index is 1120. The molecule has 0 saturated heterocycles. The molecule has 0 aliphatic carbocycles. The maximum Gasteiger partial charge on any atom is 0.257 e. The second kappa shape index (κ2) is 12.5. The predicted molar refractivity (Wildman–Crippen MR) is 139 cm³/mol. The van der Waals surface area contributed by atoms with Crippen LogP contribution in [0.25, 0.3) is 0 Å². The number of nitrogens with one attached hydrogen (secondary N) is 3. The van der Waals surface area contributed by atoms with Crippen molar-refractivity contribution in [1.29, 1.82) is 0 Å². The largest absolute Gasteiger partial charge is 0.491 e. The molecule has 0 aromatic heterocycles.